The number of sulfonamides is 1. The van der Waals surface area contributed by atoms with E-state index in [2.05, 4.69) is 20.3 Å². The molecule has 0 atom stereocenters. The van der Waals surface area contributed by atoms with Gasteiger partial charge in [0.15, 0.2) is 0 Å². The largest absolute Gasteiger partial charge is 0.366 e. The maximum atomic E-state index is 12.5. The Bertz CT molecular complexity index is 950. The molecule has 142 valence electrons. The van der Waals surface area contributed by atoms with Gasteiger partial charge in [-0.05, 0) is 23.8 Å². The van der Waals surface area contributed by atoms with Gasteiger partial charge < -0.3 is 5.32 Å². The minimum atomic E-state index is -3.49. The van der Waals surface area contributed by atoms with Crippen LogP contribution in [0, 0.1) is 0 Å². The average molecular weight is 386 g/mol. The molecule has 0 spiro atoms. The van der Waals surface area contributed by atoms with E-state index in [-0.39, 0.29) is 4.90 Å². The number of anilines is 1. The van der Waals surface area contributed by atoms with E-state index in [1.807, 2.05) is 36.7 Å². The predicted octanol–water partition coefficient (Wildman–Crippen LogP) is 2.30. The van der Waals surface area contributed by atoms with Crippen LogP contribution in [-0.2, 0) is 16.6 Å². The Kier molecular flexibility index (Phi) is 5.82. The van der Waals surface area contributed by atoms with Gasteiger partial charge in [-0.1, -0.05) is 19.9 Å². The van der Waals surface area contributed by atoms with Crippen LogP contribution < -0.4 is 5.32 Å². The smallest absolute Gasteiger partial charge is 0.244 e. The highest BCUT2D eigenvalue weighted by Crippen LogP contribution is 2.16. The van der Waals surface area contributed by atoms with Gasteiger partial charge in [0.25, 0.3) is 0 Å². The highest BCUT2D eigenvalue weighted by molar-refractivity contribution is 7.89. The van der Waals surface area contributed by atoms with E-state index in [0.717, 1.165) is 11.4 Å². The average Bonchev–Trinajstić information content (AvgIpc) is 3.23. The Morgan fingerprint density at radius 3 is 2.44 bits per heavy atom. The van der Waals surface area contributed by atoms with Crippen LogP contribution in [0.2, 0.25) is 0 Å². The van der Waals surface area contributed by atoms with Crippen LogP contribution >= 0.6 is 0 Å². The van der Waals surface area contributed by atoms with Gasteiger partial charge in [0.1, 0.15) is 22.9 Å². The van der Waals surface area contributed by atoms with Crippen molar-refractivity contribution in [2.24, 2.45) is 0 Å². The van der Waals surface area contributed by atoms with Crippen molar-refractivity contribution < 1.29 is 8.42 Å². The molecule has 27 heavy (non-hydrogen) atoms. The molecule has 1 N–H and O–H groups in total. The molecule has 0 saturated carbocycles. The number of nitrogens with one attached hydrogen (secondary N) is 1. The Morgan fingerprint density at radius 2 is 1.89 bits per heavy atom. The van der Waals surface area contributed by atoms with Gasteiger partial charge in [-0.15, -0.1) is 0 Å². The fraction of sp³-hybridized carbons (Fsp3) is 0.278. The van der Waals surface area contributed by atoms with Crippen molar-refractivity contribution in [3.05, 3.63) is 60.9 Å². The summed E-state index contributed by atoms with van der Waals surface area (Å²) in [4.78, 5) is 12.8. The van der Waals surface area contributed by atoms with Gasteiger partial charge in [0, 0.05) is 44.4 Å². The van der Waals surface area contributed by atoms with Gasteiger partial charge in [0.2, 0.25) is 10.0 Å². The normalized spacial score (nSPS) is 11.7. The molecule has 0 radical (unpaired) electrons. The molecule has 0 aliphatic carbocycles. The van der Waals surface area contributed by atoms with E-state index in [1.54, 1.807) is 30.9 Å². The van der Waals surface area contributed by atoms with E-state index < -0.39 is 10.0 Å². The topological polar surface area (TPSA) is 93.0 Å². The summed E-state index contributed by atoms with van der Waals surface area (Å²) >= 11 is 0. The molecule has 3 heterocycles. The van der Waals surface area contributed by atoms with Gasteiger partial charge in [-0.2, -0.15) is 4.31 Å². The second-order valence-corrected chi connectivity index (χ2v) is 7.75. The SMILES string of the molecule is CCN(CC)S(=O)(=O)c1ccc(NCc2ccc(-n3ccnc3)nc2)nc1. The van der Waals surface area contributed by atoms with Gasteiger partial charge in [-0.3, -0.25) is 4.57 Å². The van der Waals surface area contributed by atoms with Crippen LogP contribution in [0.1, 0.15) is 19.4 Å². The van der Waals surface area contributed by atoms with Crippen molar-refractivity contribution in [3.8, 4) is 5.82 Å². The number of rotatable bonds is 8. The van der Waals surface area contributed by atoms with E-state index in [4.69, 9.17) is 0 Å². The number of hydrogen-bond donors (Lipinski definition) is 1. The molecule has 3 rings (SSSR count). The number of hydrogen-bond acceptors (Lipinski definition) is 6. The van der Waals surface area contributed by atoms with Crippen LogP contribution in [0.15, 0.2) is 60.3 Å². The fourth-order valence-corrected chi connectivity index (χ4v) is 4.02. The minimum Gasteiger partial charge on any atom is -0.366 e. The highest BCUT2D eigenvalue weighted by atomic mass is 32.2. The fourth-order valence-electron chi connectivity index (χ4n) is 2.61. The van der Waals surface area contributed by atoms with Crippen molar-refractivity contribution in [1.29, 1.82) is 0 Å². The lowest BCUT2D eigenvalue weighted by molar-refractivity contribution is 0.445. The van der Waals surface area contributed by atoms with E-state index in [0.29, 0.717) is 25.5 Å². The molecule has 0 saturated heterocycles. The van der Waals surface area contributed by atoms with Crippen molar-refractivity contribution in [2.75, 3.05) is 18.4 Å². The molecule has 0 amide bonds. The summed E-state index contributed by atoms with van der Waals surface area (Å²) in [5.74, 6) is 1.40. The third-order valence-corrected chi connectivity index (χ3v) is 6.16. The minimum absolute atomic E-state index is 0.197. The molecule has 0 aromatic carbocycles. The third kappa shape index (κ3) is 4.32. The van der Waals surface area contributed by atoms with E-state index in [9.17, 15) is 8.42 Å². The molecule has 9 heteroatoms. The van der Waals surface area contributed by atoms with Crippen molar-refractivity contribution in [2.45, 2.75) is 25.3 Å². The monoisotopic (exact) mass is 386 g/mol. The van der Waals surface area contributed by atoms with E-state index in [1.165, 1.54) is 10.5 Å². The first-order chi connectivity index (χ1) is 13.0. The molecule has 0 aliphatic rings. The van der Waals surface area contributed by atoms with E-state index >= 15 is 0 Å². The molecule has 3 aromatic heterocycles. The first-order valence-corrected chi connectivity index (χ1v) is 10.1. The summed E-state index contributed by atoms with van der Waals surface area (Å²) < 4.78 is 28.2. The van der Waals surface area contributed by atoms with Crippen molar-refractivity contribution >= 4 is 15.8 Å². The highest BCUT2D eigenvalue weighted by Gasteiger charge is 2.21. The Labute approximate surface area is 159 Å². The van der Waals surface area contributed by atoms with Crippen molar-refractivity contribution in [1.82, 2.24) is 23.8 Å². The first-order valence-electron chi connectivity index (χ1n) is 8.68. The standard InChI is InChI=1S/C18H22N6O2S/c1-3-24(4-2)27(25,26)16-6-7-17(21-13-16)20-11-15-5-8-18(22-12-15)23-10-9-19-14-23/h5-10,12-14H,3-4,11H2,1-2H3,(H,20,21). The van der Waals surface area contributed by atoms with Crippen LogP contribution in [0.3, 0.4) is 0 Å². The Morgan fingerprint density at radius 1 is 1.07 bits per heavy atom. The Hall–Kier alpha value is -2.78. The summed E-state index contributed by atoms with van der Waals surface area (Å²) in [5, 5.41) is 3.17. The van der Waals surface area contributed by atoms with Gasteiger partial charge in [0.05, 0.1) is 0 Å². The molecular formula is C18H22N6O2S. The maximum absolute atomic E-state index is 12.5. The summed E-state index contributed by atoms with van der Waals surface area (Å²) in [5.41, 5.74) is 0.987. The molecule has 3 aromatic rings. The second-order valence-electron chi connectivity index (χ2n) is 5.82. The predicted molar refractivity (Wildman–Crippen MR) is 103 cm³/mol. The second kappa shape index (κ2) is 8.28. The zero-order valence-electron chi connectivity index (χ0n) is 15.3. The Balaban J connectivity index is 1.63. The zero-order chi connectivity index (χ0) is 19.3. The van der Waals surface area contributed by atoms with Gasteiger partial charge in [-0.25, -0.2) is 23.4 Å². The maximum Gasteiger partial charge on any atom is 0.244 e. The molecular weight excluding hydrogens is 364 g/mol. The lowest BCUT2D eigenvalue weighted by Crippen LogP contribution is -2.30. The summed E-state index contributed by atoms with van der Waals surface area (Å²) in [7, 11) is -3.49. The lowest BCUT2D eigenvalue weighted by Gasteiger charge is -2.18. The number of nitrogens with zero attached hydrogens (tertiary/aromatic N) is 5. The summed E-state index contributed by atoms with van der Waals surface area (Å²) in [6.07, 6.45) is 8.39. The van der Waals surface area contributed by atoms with Crippen LogP contribution in [0.25, 0.3) is 5.82 Å². The molecule has 0 fully saturated rings. The van der Waals surface area contributed by atoms with Gasteiger partial charge >= 0.3 is 0 Å². The third-order valence-electron chi connectivity index (χ3n) is 4.13. The number of pyridine rings is 2. The molecule has 0 unspecified atom stereocenters. The van der Waals surface area contributed by atoms with Crippen LogP contribution in [0.5, 0.6) is 0 Å². The molecule has 0 bridgehead atoms. The number of aromatic nitrogens is 4. The summed E-state index contributed by atoms with van der Waals surface area (Å²) in [6.45, 7) is 5.03. The first kappa shape index (κ1) is 19.0. The molecule has 0 aliphatic heterocycles. The lowest BCUT2D eigenvalue weighted by atomic mass is 10.3. The quantitative estimate of drug-likeness (QED) is 0.639. The number of imidazole rings is 1. The summed E-state index contributed by atoms with van der Waals surface area (Å²) in [6, 6.07) is 7.12. The molecule has 8 nitrogen and oxygen atoms in total. The van der Waals surface area contributed by atoms with Crippen LogP contribution in [-0.4, -0.2) is 45.3 Å². The van der Waals surface area contributed by atoms with Crippen LogP contribution in [0.4, 0.5) is 5.82 Å². The zero-order valence-corrected chi connectivity index (χ0v) is 16.1. The van der Waals surface area contributed by atoms with Crippen molar-refractivity contribution in [3.63, 3.8) is 0 Å².